The van der Waals surface area contributed by atoms with E-state index in [4.69, 9.17) is 0 Å². The normalized spacial score (nSPS) is 11.0. The van der Waals surface area contributed by atoms with Crippen LogP contribution in [0.15, 0.2) is 35.5 Å². The standard InChI is InChI=1S/C12H16N4S/c1-10(2)9-17-12-13-14-15-16(12)8-11-6-4-3-5-7-11/h3-7,10H,8-9H2,1-2H3. The fraction of sp³-hybridized carbons (Fsp3) is 0.417. The highest BCUT2D eigenvalue weighted by molar-refractivity contribution is 7.99. The highest BCUT2D eigenvalue weighted by Crippen LogP contribution is 2.17. The second kappa shape index (κ2) is 5.82. The van der Waals surface area contributed by atoms with E-state index < -0.39 is 0 Å². The van der Waals surface area contributed by atoms with Crippen molar-refractivity contribution < 1.29 is 0 Å². The van der Waals surface area contributed by atoms with Gasteiger partial charge in [-0.3, -0.25) is 0 Å². The zero-order chi connectivity index (χ0) is 12.1. The highest BCUT2D eigenvalue weighted by Gasteiger charge is 2.07. The molecule has 0 aliphatic heterocycles. The number of rotatable bonds is 5. The Labute approximate surface area is 105 Å². The van der Waals surface area contributed by atoms with E-state index in [1.165, 1.54) is 5.56 Å². The van der Waals surface area contributed by atoms with Crippen LogP contribution in [-0.4, -0.2) is 26.0 Å². The summed E-state index contributed by atoms with van der Waals surface area (Å²) < 4.78 is 1.85. The number of hydrogen-bond acceptors (Lipinski definition) is 4. The average molecular weight is 248 g/mol. The van der Waals surface area contributed by atoms with Gasteiger partial charge in [0.05, 0.1) is 6.54 Å². The topological polar surface area (TPSA) is 43.6 Å². The Morgan fingerprint density at radius 2 is 2.00 bits per heavy atom. The van der Waals surface area contributed by atoms with E-state index in [9.17, 15) is 0 Å². The van der Waals surface area contributed by atoms with Crippen LogP contribution >= 0.6 is 11.8 Å². The SMILES string of the molecule is CC(C)CSc1nnnn1Cc1ccccc1. The zero-order valence-corrected chi connectivity index (χ0v) is 10.9. The minimum Gasteiger partial charge on any atom is -0.216 e. The number of nitrogens with zero attached hydrogens (tertiary/aromatic N) is 4. The van der Waals surface area contributed by atoms with E-state index in [-0.39, 0.29) is 0 Å². The van der Waals surface area contributed by atoms with Crippen LogP contribution in [0, 0.1) is 5.92 Å². The number of benzene rings is 1. The van der Waals surface area contributed by atoms with Crippen LogP contribution in [0.2, 0.25) is 0 Å². The van der Waals surface area contributed by atoms with Crippen molar-refractivity contribution in [3.63, 3.8) is 0 Å². The summed E-state index contributed by atoms with van der Waals surface area (Å²) in [6.45, 7) is 5.12. The predicted molar refractivity (Wildman–Crippen MR) is 68.9 cm³/mol. The van der Waals surface area contributed by atoms with Gasteiger partial charge in [0.15, 0.2) is 0 Å². The second-order valence-corrected chi connectivity index (χ2v) is 5.30. The quantitative estimate of drug-likeness (QED) is 0.762. The molecule has 0 saturated carbocycles. The summed E-state index contributed by atoms with van der Waals surface area (Å²) in [5, 5.41) is 12.7. The molecule has 0 atom stereocenters. The molecule has 5 heteroatoms. The van der Waals surface area contributed by atoms with Crippen molar-refractivity contribution in [2.75, 3.05) is 5.75 Å². The van der Waals surface area contributed by atoms with E-state index in [0.717, 1.165) is 17.5 Å². The smallest absolute Gasteiger partial charge is 0.209 e. The molecule has 1 aromatic carbocycles. The lowest BCUT2D eigenvalue weighted by Crippen LogP contribution is -2.04. The molecule has 0 N–H and O–H groups in total. The molecule has 17 heavy (non-hydrogen) atoms. The first kappa shape index (κ1) is 12.1. The molecule has 2 aromatic rings. The number of thioether (sulfide) groups is 1. The van der Waals surface area contributed by atoms with Gasteiger partial charge in [-0.05, 0) is 21.9 Å². The fourth-order valence-electron chi connectivity index (χ4n) is 1.40. The minimum atomic E-state index is 0.641. The summed E-state index contributed by atoms with van der Waals surface area (Å²) in [4.78, 5) is 0. The molecule has 90 valence electrons. The van der Waals surface area contributed by atoms with Gasteiger partial charge in [0.2, 0.25) is 5.16 Å². The van der Waals surface area contributed by atoms with Gasteiger partial charge < -0.3 is 0 Å². The Morgan fingerprint density at radius 3 is 2.71 bits per heavy atom. The maximum atomic E-state index is 4.05. The first-order valence-electron chi connectivity index (χ1n) is 5.68. The Kier molecular flexibility index (Phi) is 4.14. The van der Waals surface area contributed by atoms with Crippen LogP contribution in [0.5, 0.6) is 0 Å². The molecule has 0 spiro atoms. The molecule has 0 aliphatic rings. The molecule has 4 nitrogen and oxygen atoms in total. The lowest BCUT2D eigenvalue weighted by atomic mass is 10.2. The van der Waals surface area contributed by atoms with Gasteiger partial charge in [0.1, 0.15) is 0 Å². The second-order valence-electron chi connectivity index (χ2n) is 4.31. The van der Waals surface area contributed by atoms with Crippen LogP contribution < -0.4 is 0 Å². The summed E-state index contributed by atoms with van der Waals surface area (Å²) in [6, 6.07) is 10.2. The molecule has 0 radical (unpaired) electrons. The third kappa shape index (κ3) is 3.56. The van der Waals surface area contributed by atoms with Gasteiger partial charge >= 0.3 is 0 Å². The van der Waals surface area contributed by atoms with Gasteiger partial charge in [-0.15, -0.1) is 5.10 Å². The van der Waals surface area contributed by atoms with Crippen LogP contribution in [0.4, 0.5) is 0 Å². The molecular formula is C12H16N4S. The molecule has 0 amide bonds. The first-order chi connectivity index (χ1) is 8.25. The van der Waals surface area contributed by atoms with Crippen LogP contribution in [0.1, 0.15) is 19.4 Å². The lowest BCUT2D eigenvalue weighted by Gasteiger charge is -2.05. The molecule has 0 unspecified atom stereocenters. The van der Waals surface area contributed by atoms with Crippen molar-refractivity contribution in [2.24, 2.45) is 5.92 Å². The molecule has 2 rings (SSSR count). The van der Waals surface area contributed by atoms with Crippen LogP contribution in [0.25, 0.3) is 0 Å². The van der Waals surface area contributed by atoms with Gasteiger partial charge in [-0.1, -0.05) is 55.9 Å². The van der Waals surface area contributed by atoms with Gasteiger partial charge in [-0.2, -0.15) is 0 Å². The first-order valence-corrected chi connectivity index (χ1v) is 6.67. The van der Waals surface area contributed by atoms with Crippen molar-refractivity contribution in [3.05, 3.63) is 35.9 Å². The van der Waals surface area contributed by atoms with Crippen molar-refractivity contribution >= 4 is 11.8 Å². The lowest BCUT2D eigenvalue weighted by molar-refractivity contribution is 0.601. The number of hydrogen-bond donors (Lipinski definition) is 0. The molecule has 0 aliphatic carbocycles. The van der Waals surface area contributed by atoms with Gasteiger partial charge in [0.25, 0.3) is 0 Å². The maximum absolute atomic E-state index is 4.05. The Bertz CT molecular complexity index is 453. The van der Waals surface area contributed by atoms with Crippen molar-refractivity contribution in [2.45, 2.75) is 25.5 Å². The average Bonchev–Trinajstić information content (AvgIpc) is 2.75. The van der Waals surface area contributed by atoms with E-state index in [1.807, 2.05) is 22.9 Å². The molecule has 0 bridgehead atoms. The molecular weight excluding hydrogens is 232 g/mol. The zero-order valence-electron chi connectivity index (χ0n) is 10.1. The third-order valence-electron chi connectivity index (χ3n) is 2.22. The molecule has 0 saturated heterocycles. The van der Waals surface area contributed by atoms with Crippen LogP contribution in [-0.2, 0) is 6.54 Å². The predicted octanol–water partition coefficient (Wildman–Crippen LogP) is 2.47. The summed E-state index contributed by atoms with van der Waals surface area (Å²) in [5.41, 5.74) is 1.21. The Balaban J connectivity index is 2.04. The van der Waals surface area contributed by atoms with Crippen molar-refractivity contribution in [1.29, 1.82) is 0 Å². The monoisotopic (exact) mass is 248 g/mol. The summed E-state index contributed by atoms with van der Waals surface area (Å²) in [6.07, 6.45) is 0. The van der Waals surface area contributed by atoms with E-state index in [0.29, 0.717) is 5.92 Å². The minimum absolute atomic E-state index is 0.641. The van der Waals surface area contributed by atoms with Crippen molar-refractivity contribution in [1.82, 2.24) is 20.2 Å². The number of tetrazole rings is 1. The van der Waals surface area contributed by atoms with Gasteiger partial charge in [-0.25, -0.2) is 4.68 Å². The third-order valence-corrected chi connectivity index (χ3v) is 3.60. The fourth-order valence-corrected chi connectivity index (χ4v) is 2.22. The summed E-state index contributed by atoms with van der Waals surface area (Å²) in [7, 11) is 0. The summed E-state index contributed by atoms with van der Waals surface area (Å²) in [5.74, 6) is 1.68. The largest absolute Gasteiger partial charge is 0.216 e. The van der Waals surface area contributed by atoms with Crippen molar-refractivity contribution in [3.8, 4) is 0 Å². The number of aromatic nitrogens is 4. The Hall–Kier alpha value is -1.36. The molecule has 0 fully saturated rings. The van der Waals surface area contributed by atoms with E-state index in [2.05, 4.69) is 41.5 Å². The van der Waals surface area contributed by atoms with Crippen LogP contribution in [0.3, 0.4) is 0 Å². The molecule has 1 heterocycles. The van der Waals surface area contributed by atoms with E-state index in [1.54, 1.807) is 11.8 Å². The molecule has 1 aromatic heterocycles. The maximum Gasteiger partial charge on any atom is 0.209 e. The Morgan fingerprint density at radius 1 is 1.24 bits per heavy atom. The highest BCUT2D eigenvalue weighted by atomic mass is 32.2. The van der Waals surface area contributed by atoms with E-state index >= 15 is 0 Å². The van der Waals surface area contributed by atoms with Gasteiger partial charge in [0, 0.05) is 5.75 Å². The summed E-state index contributed by atoms with van der Waals surface area (Å²) >= 11 is 1.71.